The highest BCUT2D eigenvalue weighted by Crippen LogP contribution is 2.27. The molecule has 0 aliphatic rings. The van der Waals surface area contributed by atoms with Gasteiger partial charge < -0.3 is 9.84 Å². The highest BCUT2D eigenvalue weighted by Gasteiger charge is 2.17. The van der Waals surface area contributed by atoms with Gasteiger partial charge in [-0.1, -0.05) is 48.5 Å². The second kappa shape index (κ2) is 6.16. The van der Waals surface area contributed by atoms with E-state index in [1.165, 1.54) is 0 Å². The summed E-state index contributed by atoms with van der Waals surface area (Å²) >= 11 is 0. The molecule has 1 atom stereocenters. The van der Waals surface area contributed by atoms with E-state index >= 15 is 0 Å². The Morgan fingerprint density at radius 3 is 2.42 bits per heavy atom. The van der Waals surface area contributed by atoms with Crippen LogP contribution in [-0.4, -0.2) is 18.0 Å². The fourth-order valence-electron chi connectivity index (χ4n) is 1.97. The van der Waals surface area contributed by atoms with Crippen molar-refractivity contribution in [2.45, 2.75) is 12.5 Å². The van der Waals surface area contributed by atoms with Crippen molar-refractivity contribution in [3.8, 4) is 5.75 Å². The lowest BCUT2D eigenvalue weighted by Crippen LogP contribution is -2.08. The van der Waals surface area contributed by atoms with Crippen LogP contribution in [0.4, 0.5) is 0 Å². The van der Waals surface area contributed by atoms with Crippen LogP contribution in [0, 0.1) is 0 Å². The molecule has 2 aromatic carbocycles. The molecule has 0 radical (unpaired) electrons. The minimum absolute atomic E-state index is 0.0460. The van der Waals surface area contributed by atoms with Gasteiger partial charge in [0.1, 0.15) is 5.75 Å². The number of aliphatic hydroxyl groups excluding tert-OH is 1. The molecule has 0 saturated carbocycles. The number of ether oxygens (including phenoxy) is 1. The molecule has 0 amide bonds. The molecule has 2 rings (SSSR count). The van der Waals surface area contributed by atoms with Crippen LogP contribution in [0.5, 0.6) is 5.75 Å². The molecule has 0 saturated heterocycles. The zero-order valence-corrected chi connectivity index (χ0v) is 10.7. The van der Waals surface area contributed by atoms with E-state index in [1.54, 1.807) is 31.4 Å². The van der Waals surface area contributed by atoms with Crippen molar-refractivity contribution in [3.63, 3.8) is 0 Å². The Labute approximate surface area is 112 Å². The highest BCUT2D eigenvalue weighted by molar-refractivity contribution is 5.96. The molecule has 98 valence electrons. The van der Waals surface area contributed by atoms with Crippen LogP contribution in [0.3, 0.4) is 0 Å². The highest BCUT2D eigenvalue weighted by atomic mass is 16.5. The van der Waals surface area contributed by atoms with Gasteiger partial charge in [0.15, 0.2) is 5.78 Å². The van der Waals surface area contributed by atoms with Gasteiger partial charge >= 0.3 is 0 Å². The van der Waals surface area contributed by atoms with E-state index in [1.807, 2.05) is 30.3 Å². The summed E-state index contributed by atoms with van der Waals surface area (Å²) in [5, 5.41) is 10.2. The molecule has 1 N–H and O–H groups in total. The zero-order chi connectivity index (χ0) is 13.7. The zero-order valence-electron chi connectivity index (χ0n) is 10.7. The number of benzene rings is 2. The number of Topliss-reactive ketones (excluding diaryl/α,β-unsaturated/α-hetero) is 1. The first-order valence-corrected chi connectivity index (χ1v) is 6.11. The van der Waals surface area contributed by atoms with Gasteiger partial charge in [0.05, 0.1) is 13.2 Å². The summed E-state index contributed by atoms with van der Waals surface area (Å²) < 4.78 is 5.18. The molecule has 19 heavy (non-hydrogen) atoms. The molecule has 0 aromatic heterocycles. The van der Waals surface area contributed by atoms with Crippen LogP contribution in [0.1, 0.15) is 28.4 Å². The van der Waals surface area contributed by atoms with Crippen LogP contribution in [0.25, 0.3) is 0 Å². The van der Waals surface area contributed by atoms with E-state index < -0.39 is 6.10 Å². The number of ketones is 1. The summed E-state index contributed by atoms with van der Waals surface area (Å²) in [6, 6.07) is 16.1. The van der Waals surface area contributed by atoms with Crippen molar-refractivity contribution in [3.05, 3.63) is 65.7 Å². The normalized spacial score (nSPS) is 11.9. The maximum absolute atomic E-state index is 12.0. The third-order valence-corrected chi connectivity index (χ3v) is 2.97. The lowest BCUT2D eigenvalue weighted by atomic mass is 9.99. The lowest BCUT2D eigenvalue weighted by molar-refractivity contribution is 0.0877. The largest absolute Gasteiger partial charge is 0.496 e. The maximum Gasteiger partial charge on any atom is 0.165 e. The maximum atomic E-state index is 12.0. The van der Waals surface area contributed by atoms with Gasteiger partial charge in [-0.25, -0.2) is 0 Å². The first-order valence-electron chi connectivity index (χ1n) is 6.11. The summed E-state index contributed by atoms with van der Waals surface area (Å²) in [7, 11) is 1.55. The van der Waals surface area contributed by atoms with E-state index in [0.29, 0.717) is 16.9 Å². The topological polar surface area (TPSA) is 46.5 Å². The van der Waals surface area contributed by atoms with Gasteiger partial charge in [0.2, 0.25) is 0 Å². The fourth-order valence-corrected chi connectivity index (χ4v) is 1.97. The number of rotatable bonds is 5. The average Bonchev–Trinajstić information content (AvgIpc) is 2.48. The Bertz CT molecular complexity index is 549. The number of hydrogen-bond donors (Lipinski definition) is 1. The summed E-state index contributed by atoms with van der Waals surface area (Å²) in [5.74, 6) is 0.509. The number of carbonyl (C=O) groups is 1. The van der Waals surface area contributed by atoms with Gasteiger partial charge in [-0.3, -0.25) is 4.79 Å². The minimum atomic E-state index is -0.858. The Balaban J connectivity index is 2.13. The van der Waals surface area contributed by atoms with Crippen molar-refractivity contribution in [1.29, 1.82) is 0 Å². The van der Waals surface area contributed by atoms with Crippen LogP contribution in [0.2, 0.25) is 0 Å². The Hall–Kier alpha value is -2.13. The van der Waals surface area contributed by atoms with Crippen molar-refractivity contribution in [2.24, 2.45) is 0 Å². The van der Waals surface area contributed by atoms with E-state index in [0.717, 1.165) is 0 Å². The van der Waals surface area contributed by atoms with Crippen LogP contribution < -0.4 is 4.74 Å². The first kappa shape index (κ1) is 13.3. The van der Waals surface area contributed by atoms with Gasteiger partial charge in [0, 0.05) is 17.5 Å². The third-order valence-electron chi connectivity index (χ3n) is 2.97. The molecule has 2 aromatic rings. The second-order valence-corrected chi connectivity index (χ2v) is 4.25. The van der Waals surface area contributed by atoms with Crippen LogP contribution in [-0.2, 0) is 0 Å². The van der Waals surface area contributed by atoms with Crippen molar-refractivity contribution in [1.82, 2.24) is 0 Å². The van der Waals surface area contributed by atoms with Crippen molar-refractivity contribution < 1.29 is 14.6 Å². The SMILES string of the molecule is COc1ccccc1[C@@H](O)CC(=O)c1ccccc1. The van der Waals surface area contributed by atoms with Gasteiger partial charge in [0.25, 0.3) is 0 Å². The Kier molecular flexibility index (Phi) is 4.31. The molecule has 0 aliphatic carbocycles. The smallest absolute Gasteiger partial charge is 0.165 e. The van der Waals surface area contributed by atoms with Crippen LogP contribution in [0.15, 0.2) is 54.6 Å². The molecule has 0 bridgehead atoms. The van der Waals surface area contributed by atoms with Gasteiger partial charge in [-0.15, -0.1) is 0 Å². The molecule has 0 aliphatic heterocycles. The monoisotopic (exact) mass is 256 g/mol. The third kappa shape index (κ3) is 3.20. The summed E-state index contributed by atoms with van der Waals surface area (Å²) in [4.78, 5) is 12.0. The fraction of sp³-hybridized carbons (Fsp3) is 0.188. The summed E-state index contributed by atoms with van der Waals surface area (Å²) in [6.45, 7) is 0. The number of methoxy groups -OCH3 is 1. The van der Waals surface area contributed by atoms with Crippen molar-refractivity contribution in [2.75, 3.05) is 7.11 Å². The standard InChI is InChI=1S/C16H16O3/c1-19-16-10-6-5-9-13(16)15(18)11-14(17)12-7-3-2-4-8-12/h2-10,15,18H,11H2,1H3/t15-/m0/s1. The van der Waals surface area contributed by atoms with E-state index in [2.05, 4.69) is 0 Å². The quantitative estimate of drug-likeness (QED) is 0.836. The van der Waals surface area contributed by atoms with Crippen LogP contribution >= 0.6 is 0 Å². The van der Waals surface area contributed by atoms with Crippen molar-refractivity contribution >= 4 is 5.78 Å². The van der Waals surface area contributed by atoms with E-state index in [-0.39, 0.29) is 12.2 Å². The molecule has 3 heteroatoms. The predicted octanol–water partition coefficient (Wildman–Crippen LogP) is 3.00. The first-order chi connectivity index (χ1) is 9.22. The van der Waals surface area contributed by atoms with Gasteiger partial charge in [-0.05, 0) is 6.07 Å². The number of carbonyl (C=O) groups excluding carboxylic acids is 1. The lowest BCUT2D eigenvalue weighted by Gasteiger charge is -2.14. The Morgan fingerprint density at radius 1 is 1.11 bits per heavy atom. The van der Waals surface area contributed by atoms with E-state index in [9.17, 15) is 9.90 Å². The number of hydrogen-bond acceptors (Lipinski definition) is 3. The molecule has 0 fully saturated rings. The molecule has 0 heterocycles. The molecule has 0 spiro atoms. The summed E-state index contributed by atoms with van der Waals surface area (Å²) in [6.07, 6.45) is -0.812. The average molecular weight is 256 g/mol. The van der Waals surface area contributed by atoms with Gasteiger partial charge in [-0.2, -0.15) is 0 Å². The second-order valence-electron chi connectivity index (χ2n) is 4.25. The molecule has 3 nitrogen and oxygen atoms in total. The minimum Gasteiger partial charge on any atom is -0.496 e. The molecule has 0 unspecified atom stereocenters. The Morgan fingerprint density at radius 2 is 1.74 bits per heavy atom. The molecular weight excluding hydrogens is 240 g/mol. The summed E-state index contributed by atoms with van der Waals surface area (Å²) in [5.41, 5.74) is 1.24. The number of aliphatic hydroxyl groups is 1. The number of para-hydroxylation sites is 1. The van der Waals surface area contributed by atoms with E-state index in [4.69, 9.17) is 4.74 Å². The molecular formula is C16H16O3. The predicted molar refractivity (Wildman–Crippen MR) is 73.3 cm³/mol.